The van der Waals surface area contributed by atoms with Gasteiger partial charge in [-0.05, 0) is 31.9 Å². The fourth-order valence-electron chi connectivity index (χ4n) is 2.92. The molecule has 0 aliphatic heterocycles. The minimum Gasteiger partial charge on any atom is -0.462 e. The number of nitrogens with zero attached hydrogens (tertiary/aromatic N) is 2. The Hall–Kier alpha value is -2.01. The third-order valence-corrected chi connectivity index (χ3v) is 4.53. The number of hydrogen-bond acceptors (Lipinski definition) is 3. The molecule has 1 aromatic heterocycles. The second-order valence-corrected chi connectivity index (χ2v) is 6.57. The van der Waals surface area contributed by atoms with Crippen molar-refractivity contribution in [1.82, 2.24) is 15.1 Å². The van der Waals surface area contributed by atoms with Crippen molar-refractivity contribution in [3.63, 3.8) is 0 Å². The lowest BCUT2D eigenvalue weighted by Gasteiger charge is -2.24. The molecule has 1 fully saturated rings. The van der Waals surface area contributed by atoms with Crippen molar-refractivity contribution in [2.45, 2.75) is 51.2 Å². The monoisotopic (exact) mass is 347 g/mol. The summed E-state index contributed by atoms with van der Waals surface area (Å²) >= 11 is 6.20. The summed E-state index contributed by atoms with van der Waals surface area (Å²) in [7, 11) is 0. The lowest BCUT2D eigenvalue weighted by molar-refractivity contribution is -0.128. The Morgan fingerprint density at radius 1 is 1.29 bits per heavy atom. The zero-order chi connectivity index (χ0) is 16.9. The molecule has 3 rings (SSSR count). The van der Waals surface area contributed by atoms with Gasteiger partial charge in [-0.15, -0.1) is 5.10 Å². The number of para-hydroxylation sites is 1. The molecule has 1 saturated carbocycles. The molecule has 1 heterocycles. The number of amides is 1. The van der Waals surface area contributed by atoms with Crippen LogP contribution < -0.4 is 10.1 Å². The fourth-order valence-corrected chi connectivity index (χ4v) is 3.09. The highest BCUT2D eigenvalue weighted by molar-refractivity contribution is 6.31. The highest BCUT2D eigenvalue weighted by atomic mass is 35.5. The molecule has 1 atom stereocenters. The van der Waals surface area contributed by atoms with Gasteiger partial charge in [-0.3, -0.25) is 4.79 Å². The van der Waals surface area contributed by atoms with E-state index in [1.165, 1.54) is 19.3 Å². The largest absolute Gasteiger partial charge is 0.462 e. The van der Waals surface area contributed by atoms with E-state index in [4.69, 9.17) is 16.3 Å². The van der Waals surface area contributed by atoms with E-state index in [1.807, 2.05) is 30.3 Å². The second-order valence-electron chi connectivity index (χ2n) is 6.17. The zero-order valence-corrected chi connectivity index (χ0v) is 14.5. The first-order chi connectivity index (χ1) is 11.6. The minimum atomic E-state index is -0.636. The molecule has 6 heteroatoms. The summed E-state index contributed by atoms with van der Waals surface area (Å²) in [6.45, 7) is 1.72. The Morgan fingerprint density at radius 2 is 2.00 bits per heavy atom. The first-order valence-electron chi connectivity index (χ1n) is 8.41. The molecule has 1 aromatic carbocycles. The third kappa shape index (κ3) is 4.09. The molecule has 1 aliphatic carbocycles. The lowest BCUT2D eigenvalue weighted by atomic mass is 9.95. The van der Waals surface area contributed by atoms with Crippen molar-refractivity contribution in [3.05, 3.63) is 41.6 Å². The van der Waals surface area contributed by atoms with Gasteiger partial charge < -0.3 is 10.1 Å². The SMILES string of the molecule is C[C@@H](Oc1nn(-c2ccccc2)cc1Cl)C(=O)NC1CCCCC1. The van der Waals surface area contributed by atoms with Gasteiger partial charge in [-0.2, -0.15) is 0 Å². The van der Waals surface area contributed by atoms with Crippen LogP contribution in [0.15, 0.2) is 36.5 Å². The summed E-state index contributed by atoms with van der Waals surface area (Å²) in [6.07, 6.45) is 6.73. The van der Waals surface area contributed by atoms with E-state index >= 15 is 0 Å². The molecule has 0 radical (unpaired) electrons. The summed E-state index contributed by atoms with van der Waals surface area (Å²) in [5.74, 6) is 0.152. The molecule has 0 bridgehead atoms. The van der Waals surface area contributed by atoms with Gasteiger partial charge in [0.25, 0.3) is 11.8 Å². The molecule has 1 N–H and O–H groups in total. The zero-order valence-electron chi connectivity index (χ0n) is 13.7. The Kier molecular flexibility index (Phi) is 5.41. The smallest absolute Gasteiger partial charge is 0.261 e. The standard InChI is InChI=1S/C18H22ClN3O2/c1-13(17(23)20-14-8-4-2-5-9-14)24-18-16(19)12-22(21-18)15-10-6-3-7-11-15/h3,6-7,10-14H,2,4-5,8-9H2,1H3,(H,20,23)/t13-/m1/s1. The number of aromatic nitrogens is 2. The van der Waals surface area contributed by atoms with Crippen LogP contribution >= 0.6 is 11.6 Å². The van der Waals surface area contributed by atoms with Crippen LogP contribution in [-0.2, 0) is 4.79 Å². The average molecular weight is 348 g/mol. The van der Waals surface area contributed by atoms with Gasteiger partial charge >= 0.3 is 0 Å². The molecule has 24 heavy (non-hydrogen) atoms. The minimum absolute atomic E-state index is 0.118. The van der Waals surface area contributed by atoms with Gasteiger partial charge in [0.1, 0.15) is 5.02 Å². The number of nitrogens with one attached hydrogen (secondary N) is 1. The molecule has 128 valence electrons. The summed E-state index contributed by atoms with van der Waals surface area (Å²) in [4.78, 5) is 12.3. The molecular formula is C18H22ClN3O2. The molecule has 0 spiro atoms. The van der Waals surface area contributed by atoms with Crippen LogP contribution in [0.3, 0.4) is 0 Å². The number of carbonyl (C=O) groups is 1. The Labute approximate surface area is 147 Å². The molecule has 0 unspecified atom stereocenters. The number of halogens is 1. The molecular weight excluding hydrogens is 326 g/mol. The predicted molar refractivity (Wildman–Crippen MR) is 93.7 cm³/mol. The normalized spacial score (nSPS) is 16.6. The molecule has 2 aromatic rings. The van der Waals surface area contributed by atoms with E-state index in [2.05, 4.69) is 10.4 Å². The van der Waals surface area contributed by atoms with Gasteiger partial charge in [0, 0.05) is 6.04 Å². The van der Waals surface area contributed by atoms with Gasteiger partial charge in [-0.25, -0.2) is 4.68 Å². The van der Waals surface area contributed by atoms with Crippen molar-refractivity contribution >= 4 is 17.5 Å². The number of carbonyl (C=O) groups excluding carboxylic acids is 1. The highest BCUT2D eigenvalue weighted by Crippen LogP contribution is 2.25. The van der Waals surface area contributed by atoms with Crippen LogP contribution in [0.25, 0.3) is 5.69 Å². The Bertz CT molecular complexity index is 681. The van der Waals surface area contributed by atoms with Crippen molar-refractivity contribution in [2.24, 2.45) is 0 Å². The van der Waals surface area contributed by atoms with E-state index in [0.717, 1.165) is 18.5 Å². The molecule has 1 amide bonds. The summed E-state index contributed by atoms with van der Waals surface area (Å²) in [5, 5.41) is 7.77. The Balaban J connectivity index is 1.62. The van der Waals surface area contributed by atoms with Crippen molar-refractivity contribution < 1.29 is 9.53 Å². The number of hydrogen-bond donors (Lipinski definition) is 1. The predicted octanol–water partition coefficient (Wildman–Crippen LogP) is 3.74. The highest BCUT2D eigenvalue weighted by Gasteiger charge is 2.22. The number of rotatable bonds is 5. The summed E-state index contributed by atoms with van der Waals surface area (Å²) in [5.41, 5.74) is 0.883. The van der Waals surface area contributed by atoms with Gasteiger partial charge in [0.15, 0.2) is 6.10 Å². The van der Waals surface area contributed by atoms with Gasteiger partial charge in [0.2, 0.25) is 0 Å². The molecule has 0 saturated heterocycles. The quantitative estimate of drug-likeness (QED) is 0.896. The van der Waals surface area contributed by atoms with Crippen molar-refractivity contribution in [1.29, 1.82) is 0 Å². The van der Waals surface area contributed by atoms with Crippen LogP contribution in [0.5, 0.6) is 5.88 Å². The first-order valence-corrected chi connectivity index (χ1v) is 8.79. The maximum atomic E-state index is 12.3. The van der Waals surface area contributed by atoms with E-state index < -0.39 is 6.10 Å². The van der Waals surface area contributed by atoms with E-state index in [-0.39, 0.29) is 17.8 Å². The maximum Gasteiger partial charge on any atom is 0.261 e. The third-order valence-electron chi connectivity index (χ3n) is 4.27. The van der Waals surface area contributed by atoms with E-state index in [9.17, 15) is 4.79 Å². The van der Waals surface area contributed by atoms with E-state index in [1.54, 1.807) is 17.8 Å². The Morgan fingerprint density at radius 3 is 2.71 bits per heavy atom. The van der Waals surface area contributed by atoms with Crippen molar-refractivity contribution in [2.75, 3.05) is 0 Å². The average Bonchev–Trinajstić information content (AvgIpc) is 2.97. The van der Waals surface area contributed by atoms with Crippen LogP contribution in [-0.4, -0.2) is 27.8 Å². The van der Waals surface area contributed by atoms with Crippen LogP contribution in [0.2, 0.25) is 5.02 Å². The second kappa shape index (κ2) is 7.71. The van der Waals surface area contributed by atoms with Crippen LogP contribution in [0.1, 0.15) is 39.0 Å². The van der Waals surface area contributed by atoms with E-state index in [0.29, 0.717) is 5.02 Å². The summed E-state index contributed by atoms with van der Waals surface area (Å²) in [6, 6.07) is 9.88. The fraction of sp³-hybridized carbons (Fsp3) is 0.444. The maximum absolute atomic E-state index is 12.3. The van der Waals surface area contributed by atoms with Gasteiger partial charge in [0.05, 0.1) is 11.9 Å². The molecule has 5 nitrogen and oxygen atoms in total. The first kappa shape index (κ1) is 16.8. The van der Waals surface area contributed by atoms with Crippen molar-refractivity contribution in [3.8, 4) is 11.6 Å². The van der Waals surface area contributed by atoms with Crippen LogP contribution in [0.4, 0.5) is 0 Å². The summed E-state index contributed by atoms with van der Waals surface area (Å²) < 4.78 is 7.32. The van der Waals surface area contributed by atoms with Crippen LogP contribution in [0, 0.1) is 0 Å². The lowest BCUT2D eigenvalue weighted by Crippen LogP contribution is -2.43. The number of ether oxygens (including phenoxy) is 1. The van der Waals surface area contributed by atoms with Gasteiger partial charge in [-0.1, -0.05) is 49.1 Å². The molecule has 1 aliphatic rings. The number of benzene rings is 1. The topological polar surface area (TPSA) is 56.2 Å².